The first-order valence-electron chi connectivity index (χ1n) is 17.5. The van der Waals surface area contributed by atoms with Crippen LogP contribution in [0.2, 0.25) is 0 Å². The SMILES string of the molecule is CCCCOCCC(OCCCC)OCCCOC(=O)CCCCC(=O)OCCCOC(CCOCCCC)OCCCC. The molecule has 0 N–H and O–H groups in total. The van der Waals surface area contributed by atoms with E-state index in [1.807, 2.05) is 0 Å². The minimum atomic E-state index is -0.298. The lowest BCUT2D eigenvalue weighted by molar-refractivity contribution is -0.158. The summed E-state index contributed by atoms with van der Waals surface area (Å²) >= 11 is 0. The van der Waals surface area contributed by atoms with Crippen molar-refractivity contribution in [1.29, 1.82) is 0 Å². The van der Waals surface area contributed by atoms with Crippen molar-refractivity contribution < 1.29 is 47.5 Å². The second kappa shape index (κ2) is 34.6. The van der Waals surface area contributed by atoms with Crippen LogP contribution in [0, 0.1) is 0 Å². The summed E-state index contributed by atoms with van der Waals surface area (Å²) in [6, 6.07) is 0. The molecule has 2 atom stereocenters. The van der Waals surface area contributed by atoms with E-state index in [1.54, 1.807) is 0 Å². The van der Waals surface area contributed by atoms with Crippen molar-refractivity contribution in [2.45, 2.75) is 143 Å². The van der Waals surface area contributed by atoms with Crippen LogP contribution in [0.1, 0.15) is 130 Å². The molecule has 0 rings (SSSR count). The van der Waals surface area contributed by atoms with Crippen LogP contribution in [0.25, 0.3) is 0 Å². The average molecular weight is 635 g/mol. The summed E-state index contributed by atoms with van der Waals surface area (Å²) in [5.41, 5.74) is 0. The quantitative estimate of drug-likeness (QED) is 0.0405. The lowest BCUT2D eigenvalue weighted by Crippen LogP contribution is -2.22. The van der Waals surface area contributed by atoms with E-state index in [4.69, 9.17) is 37.9 Å². The van der Waals surface area contributed by atoms with Gasteiger partial charge in [-0.1, -0.05) is 53.4 Å². The maximum Gasteiger partial charge on any atom is 0.305 e. The van der Waals surface area contributed by atoms with Crippen molar-refractivity contribution in [3.8, 4) is 0 Å². The van der Waals surface area contributed by atoms with Gasteiger partial charge in [0.1, 0.15) is 0 Å². The molecule has 0 aromatic carbocycles. The zero-order chi connectivity index (χ0) is 32.4. The molecule has 0 saturated heterocycles. The Kier molecular flexibility index (Phi) is 33.5. The minimum Gasteiger partial charge on any atom is -0.466 e. The average Bonchev–Trinajstić information content (AvgIpc) is 3.02. The normalized spacial score (nSPS) is 12.7. The highest BCUT2D eigenvalue weighted by molar-refractivity contribution is 5.70. The molecule has 0 aromatic heterocycles. The Bertz CT molecular complexity index is 567. The largest absolute Gasteiger partial charge is 0.466 e. The Morgan fingerprint density at radius 2 is 0.750 bits per heavy atom. The number of hydrogen-bond acceptors (Lipinski definition) is 10. The molecule has 2 unspecified atom stereocenters. The third-order valence-corrected chi connectivity index (χ3v) is 6.61. The molecule has 262 valence electrons. The molecule has 0 fully saturated rings. The highest BCUT2D eigenvalue weighted by Gasteiger charge is 2.12. The Morgan fingerprint density at radius 1 is 0.409 bits per heavy atom. The number of rotatable bonds is 35. The van der Waals surface area contributed by atoms with Crippen LogP contribution in [0.3, 0.4) is 0 Å². The molecule has 0 amide bonds. The third kappa shape index (κ3) is 30.7. The summed E-state index contributed by atoms with van der Waals surface area (Å²) in [5, 5.41) is 0. The number of unbranched alkanes of at least 4 members (excludes halogenated alkanes) is 5. The molecule has 10 nitrogen and oxygen atoms in total. The van der Waals surface area contributed by atoms with Crippen molar-refractivity contribution in [3.05, 3.63) is 0 Å². The second-order valence-corrected chi connectivity index (χ2v) is 10.9. The zero-order valence-electron chi connectivity index (χ0n) is 28.6. The molecule has 0 aliphatic carbocycles. The Morgan fingerprint density at radius 3 is 1.11 bits per heavy atom. The molecular weight excluding hydrogens is 568 g/mol. The van der Waals surface area contributed by atoms with Crippen molar-refractivity contribution in [2.75, 3.05) is 66.1 Å². The minimum absolute atomic E-state index is 0.262. The van der Waals surface area contributed by atoms with E-state index >= 15 is 0 Å². The fourth-order valence-electron chi connectivity index (χ4n) is 3.81. The van der Waals surface area contributed by atoms with Gasteiger partial charge in [0.05, 0.1) is 39.6 Å². The molecule has 0 heterocycles. The van der Waals surface area contributed by atoms with E-state index in [0.29, 0.717) is 91.4 Å². The van der Waals surface area contributed by atoms with Gasteiger partial charge in [0.25, 0.3) is 0 Å². The van der Waals surface area contributed by atoms with E-state index in [2.05, 4.69) is 27.7 Å². The number of carbonyl (C=O) groups is 2. The first-order chi connectivity index (χ1) is 21.6. The summed E-state index contributed by atoms with van der Waals surface area (Å²) in [6.07, 6.45) is 12.2. The van der Waals surface area contributed by atoms with Crippen molar-refractivity contribution in [1.82, 2.24) is 0 Å². The van der Waals surface area contributed by atoms with Gasteiger partial charge in [0.15, 0.2) is 12.6 Å². The smallest absolute Gasteiger partial charge is 0.305 e. The number of carbonyl (C=O) groups excluding carboxylic acids is 2. The molecule has 10 heteroatoms. The van der Waals surface area contributed by atoms with Gasteiger partial charge in [-0.25, -0.2) is 0 Å². The molecule has 0 spiro atoms. The third-order valence-electron chi connectivity index (χ3n) is 6.61. The molecule has 0 aliphatic rings. The van der Waals surface area contributed by atoms with E-state index in [1.165, 1.54) is 0 Å². The predicted molar refractivity (Wildman–Crippen MR) is 172 cm³/mol. The van der Waals surface area contributed by atoms with Crippen LogP contribution in [0.5, 0.6) is 0 Å². The fourth-order valence-corrected chi connectivity index (χ4v) is 3.81. The highest BCUT2D eigenvalue weighted by atomic mass is 16.7. The lowest BCUT2D eigenvalue weighted by atomic mass is 10.2. The van der Waals surface area contributed by atoms with Gasteiger partial charge in [0.2, 0.25) is 0 Å². The van der Waals surface area contributed by atoms with E-state index in [9.17, 15) is 9.59 Å². The molecule has 0 radical (unpaired) electrons. The van der Waals surface area contributed by atoms with E-state index < -0.39 is 0 Å². The Labute approximate surface area is 268 Å². The summed E-state index contributed by atoms with van der Waals surface area (Å²) in [7, 11) is 0. The molecule has 0 bridgehead atoms. The molecule has 0 aliphatic heterocycles. The van der Waals surface area contributed by atoms with Gasteiger partial charge in [-0.3, -0.25) is 9.59 Å². The summed E-state index contributed by atoms with van der Waals surface area (Å²) in [6.45, 7) is 14.1. The van der Waals surface area contributed by atoms with Crippen LogP contribution in [0.15, 0.2) is 0 Å². The second-order valence-electron chi connectivity index (χ2n) is 10.9. The molecular formula is C34H66O10. The standard InChI is InChI=1S/C34H66O10/c1-5-9-21-37-29-19-33(41-23-11-7-3)43-27-15-25-39-31(35)17-13-14-18-32(36)40-26-16-28-44-34(42-24-12-8-4)20-30-38-22-10-6-2/h33-34H,5-30H2,1-4H3. The molecule has 44 heavy (non-hydrogen) atoms. The monoisotopic (exact) mass is 634 g/mol. The van der Waals surface area contributed by atoms with Crippen LogP contribution < -0.4 is 0 Å². The maximum absolute atomic E-state index is 12.0. The fraction of sp³-hybridized carbons (Fsp3) is 0.941. The van der Waals surface area contributed by atoms with Gasteiger partial charge >= 0.3 is 11.9 Å². The number of ether oxygens (including phenoxy) is 8. The maximum atomic E-state index is 12.0. The summed E-state index contributed by atoms with van der Waals surface area (Å²) < 4.78 is 45.2. The predicted octanol–water partition coefficient (Wildman–Crippen LogP) is 7.15. The van der Waals surface area contributed by atoms with Crippen LogP contribution in [-0.4, -0.2) is 90.6 Å². The highest BCUT2D eigenvalue weighted by Crippen LogP contribution is 2.08. The Balaban J connectivity index is 3.87. The first-order valence-corrected chi connectivity index (χ1v) is 17.5. The lowest BCUT2D eigenvalue weighted by Gasteiger charge is -2.18. The molecule has 0 aromatic rings. The van der Waals surface area contributed by atoms with Crippen molar-refractivity contribution >= 4 is 11.9 Å². The van der Waals surface area contributed by atoms with E-state index in [0.717, 1.165) is 64.6 Å². The number of hydrogen-bond donors (Lipinski definition) is 0. The van der Waals surface area contributed by atoms with Gasteiger partial charge in [-0.2, -0.15) is 0 Å². The summed E-state index contributed by atoms with van der Waals surface area (Å²) in [5.74, 6) is -0.524. The van der Waals surface area contributed by atoms with Gasteiger partial charge in [-0.15, -0.1) is 0 Å². The molecule has 0 saturated carbocycles. The van der Waals surface area contributed by atoms with Crippen molar-refractivity contribution in [2.24, 2.45) is 0 Å². The van der Waals surface area contributed by atoms with Crippen LogP contribution in [0.4, 0.5) is 0 Å². The topological polar surface area (TPSA) is 108 Å². The van der Waals surface area contributed by atoms with Crippen LogP contribution in [-0.2, 0) is 47.5 Å². The van der Waals surface area contributed by atoms with Crippen molar-refractivity contribution in [3.63, 3.8) is 0 Å². The number of esters is 2. The van der Waals surface area contributed by atoms with Crippen LogP contribution >= 0.6 is 0 Å². The summed E-state index contributed by atoms with van der Waals surface area (Å²) in [4.78, 5) is 24.1. The Hall–Kier alpha value is -1.30. The van der Waals surface area contributed by atoms with Gasteiger partial charge in [-0.05, 0) is 38.5 Å². The zero-order valence-corrected chi connectivity index (χ0v) is 28.6. The van der Waals surface area contributed by atoms with E-state index in [-0.39, 0.29) is 37.4 Å². The van der Waals surface area contributed by atoms with Gasteiger partial charge in [0, 0.05) is 65.0 Å². The first kappa shape index (κ1) is 42.7. The van der Waals surface area contributed by atoms with Gasteiger partial charge < -0.3 is 37.9 Å².